The molecule has 1 aliphatic heterocycles. The van der Waals surface area contributed by atoms with Crippen molar-refractivity contribution < 1.29 is 0 Å². The lowest BCUT2D eigenvalue weighted by Crippen LogP contribution is -2.23. The van der Waals surface area contributed by atoms with E-state index in [0.29, 0.717) is 0 Å². The molecule has 0 atom stereocenters. The normalized spacial score (nSPS) is 15.4. The summed E-state index contributed by atoms with van der Waals surface area (Å²) < 4.78 is 0. The number of fused-ring (bicyclic) bond motifs is 1. The lowest BCUT2D eigenvalue weighted by Gasteiger charge is -2.20. The van der Waals surface area contributed by atoms with Crippen LogP contribution in [0.4, 0.5) is 0 Å². The van der Waals surface area contributed by atoms with E-state index in [1.165, 1.54) is 24.8 Å². The summed E-state index contributed by atoms with van der Waals surface area (Å²) in [6.07, 6.45) is 3.71. The van der Waals surface area contributed by atoms with Gasteiger partial charge in [-0.25, -0.2) is 0 Å². The van der Waals surface area contributed by atoms with Crippen LogP contribution in [-0.2, 0) is 13.0 Å². The molecule has 0 saturated heterocycles. The van der Waals surface area contributed by atoms with E-state index in [1.807, 2.05) is 0 Å². The van der Waals surface area contributed by atoms with Crippen LogP contribution in [0.3, 0.4) is 0 Å². The van der Waals surface area contributed by atoms with Gasteiger partial charge in [0, 0.05) is 6.54 Å². The monoisotopic (exact) mass is 203 g/mol. The lowest BCUT2D eigenvalue weighted by molar-refractivity contribution is 0.624. The van der Waals surface area contributed by atoms with Crippen LogP contribution >= 0.6 is 0 Å². The van der Waals surface area contributed by atoms with Crippen LogP contribution < -0.4 is 5.32 Å². The van der Waals surface area contributed by atoms with Gasteiger partial charge in [-0.1, -0.05) is 32.0 Å². The van der Waals surface area contributed by atoms with E-state index in [2.05, 4.69) is 37.4 Å². The molecule has 0 fully saturated rings. The van der Waals surface area contributed by atoms with Gasteiger partial charge >= 0.3 is 0 Å². The van der Waals surface area contributed by atoms with Gasteiger partial charge in [0.1, 0.15) is 0 Å². The minimum atomic E-state index is 0.755. The topological polar surface area (TPSA) is 12.0 Å². The molecule has 1 N–H and O–H groups in total. The molecule has 1 aromatic carbocycles. The summed E-state index contributed by atoms with van der Waals surface area (Å²) in [6, 6.07) is 7.08. The molecular weight excluding hydrogens is 182 g/mol. The van der Waals surface area contributed by atoms with E-state index < -0.39 is 0 Å². The molecule has 1 heteroatoms. The van der Waals surface area contributed by atoms with Crippen LogP contribution in [0.1, 0.15) is 49.3 Å². The predicted molar refractivity (Wildman–Crippen MR) is 65.2 cm³/mol. The molecule has 1 aliphatic rings. The summed E-state index contributed by atoms with van der Waals surface area (Å²) in [5, 5.41) is 3.42. The third-order valence-electron chi connectivity index (χ3n) is 3.57. The van der Waals surface area contributed by atoms with Gasteiger partial charge in [0.25, 0.3) is 0 Å². The highest BCUT2D eigenvalue weighted by atomic mass is 14.9. The van der Waals surface area contributed by atoms with Crippen LogP contribution in [0.5, 0.6) is 0 Å². The van der Waals surface area contributed by atoms with E-state index in [9.17, 15) is 0 Å². The first-order valence-electron chi connectivity index (χ1n) is 6.17. The maximum atomic E-state index is 3.42. The Hall–Kier alpha value is -0.820. The van der Waals surface area contributed by atoms with Crippen LogP contribution in [0.15, 0.2) is 18.2 Å². The van der Waals surface area contributed by atoms with Gasteiger partial charge < -0.3 is 5.32 Å². The summed E-state index contributed by atoms with van der Waals surface area (Å²) in [7, 11) is 0. The molecule has 0 spiro atoms. The van der Waals surface area contributed by atoms with Crippen LogP contribution in [0.2, 0.25) is 0 Å². The third kappa shape index (κ3) is 2.23. The number of benzene rings is 1. The molecule has 0 aliphatic carbocycles. The van der Waals surface area contributed by atoms with Gasteiger partial charge in [-0.05, 0) is 48.4 Å². The minimum Gasteiger partial charge on any atom is -0.312 e. The Kier molecular flexibility index (Phi) is 3.42. The summed E-state index contributed by atoms with van der Waals surface area (Å²) in [6.45, 7) is 6.77. The van der Waals surface area contributed by atoms with Crippen LogP contribution in [0.25, 0.3) is 0 Å². The van der Waals surface area contributed by atoms with E-state index in [1.54, 1.807) is 11.1 Å². The first kappa shape index (κ1) is 10.7. The summed E-state index contributed by atoms with van der Waals surface area (Å²) in [5.41, 5.74) is 4.61. The standard InChI is InChI=1S/C14H21N/c1-3-11(4-2)12-5-6-14-10-15-8-7-13(14)9-12/h5-6,9,11,15H,3-4,7-8,10H2,1-2H3. The highest BCUT2D eigenvalue weighted by Gasteiger charge is 2.12. The molecule has 0 aromatic heterocycles. The van der Waals surface area contributed by atoms with Crippen molar-refractivity contribution in [2.75, 3.05) is 6.54 Å². The maximum absolute atomic E-state index is 3.42. The molecule has 15 heavy (non-hydrogen) atoms. The number of hydrogen-bond donors (Lipinski definition) is 1. The molecule has 82 valence electrons. The second-order valence-electron chi connectivity index (χ2n) is 4.47. The van der Waals surface area contributed by atoms with Gasteiger partial charge in [0.05, 0.1) is 0 Å². The Morgan fingerprint density at radius 2 is 2.00 bits per heavy atom. The van der Waals surface area contributed by atoms with E-state index >= 15 is 0 Å². The fourth-order valence-corrected chi connectivity index (χ4v) is 2.51. The van der Waals surface area contributed by atoms with Crippen molar-refractivity contribution in [1.82, 2.24) is 5.32 Å². The summed E-state index contributed by atoms with van der Waals surface area (Å²) >= 11 is 0. The average Bonchev–Trinajstić information content (AvgIpc) is 2.30. The Bertz CT molecular complexity index is 326. The van der Waals surface area contributed by atoms with E-state index in [0.717, 1.165) is 19.0 Å². The highest BCUT2D eigenvalue weighted by Crippen LogP contribution is 2.26. The first-order chi connectivity index (χ1) is 7.35. The van der Waals surface area contributed by atoms with Crippen molar-refractivity contribution in [1.29, 1.82) is 0 Å². The molecule has 0 unspecified atom stereocenters. The molecule has 0 saturated carbocycles. The van der Waals surface area contributed by atoms with Crippen molar-refractivity contribution >= 4 is 0 Å². The number of hydrogen-bond acceptors (Lipinski definition) is 1. The lowest BCUT2D eigenvalue weighted by atomic mass is 9.89. The van der Waals surface area contributed by atoms with Crippen LogP contribution in [0, 0.1) is 0 Å². The molecule has 0 amide bonds. The second kappa shape index (κ2) is 4.80. The smallest absolute Gasteiger partial charge is 0.0208 e. The fraction of sp³-hybridized carbons (Fsp3) is 0.571. The quantitative estimate of drug-likeness (QED) is 0.795. The van der Waals surface area contributed by atoms with Crippen molar-refractivity contribution in [2.45, 2.75) is 45.6 Å². The number of nitrogens with one attached hydrogen (secondary N) is 1. The van der Waals surface area contributed by atoms with Crippen molar-refractivity contribution in [2.24, 2.45) is 0 Å². The zero-order chi connectivity index (χ0) is 10.7. The van der Waals surface area contributed by atoms with Gasteiger partial charge in [0.15, 0.2) is 0 Å². The largest absolute Gasteiger partial charge is 0.312 e. The molecule has 2 rings (SSSR count). The summed E-state index contributed by atoms with van der Waals surface area (Å²) in [5.74, 6) is 0.755. The molecular formula is C14H21N. The second-order valence-corrected chi connectivity index (χ2v) is 4.47. The Morgan fingerprint density at radius 3 is 2.73 bits per heavy atom. The molecule has 0 radical (unpaired) electrons. The SMILES string of the molecule is CCC(CC)c1ccc2c(c1)CCNC2. The van der Waals surface area contributed by atoms with E-state index in [4.69, 9.17) is 0 Å². The molecule has 1 aromatic rings. The predicted octanol–water partition coefficient (Wildman–Crippen LogP) is 3.24. The van der Waals surface area contributed by atoms with Crippen molar-refractivity contribution in [3.63, 3.8) is 0 Å². The summed E-state index contributed by atoms with van der Waals surface area (Å²) in [4.78, 5) is 0. The zero-order valence-corrected chi connectivity index (χ0v) is 9.84. The average molecular weight is 203 g/mol. The fourth-order valence-electron chi connectivity index (χ4n) is 2.51. The highest BCUT2D eigenvalue weighted by molar-refractivity contribution is 5.35. The van der Waals surface area contributed by atoms with E-state index in [-0.39, 0.29) is 0 Å². The minimum absolute atomic E-state index is 0.755. The zero-order valence-electron chi connectivity index (χ0n) is 9.84. The van der Waals surface area contributed by atoms with Gasteiger partial charge in [-0.3, -0.25) is 0 Å². The molecule has 0 bridgehead atoms. The molecule has 1 nitrogen and oxygen atoms in total. The number of rotatable bonds is 3. The Balaban J connectivity index is 2.27. The van der Waals surface area contributed by atoms with Crippen molar-refractivity contribution in [3.05, 3.63) is 34.9 Å². The first-order valence-corrected chi connectivity index (χ1v) is 6.17. The van der Waals surface area contributed by atoms with Crippen LogP contribution in [-0.4, -0.2) is 6.54 Å². The molecule has 1 heterocycles. The Labute approximate surface area is 92.9 Å². The third-order valence-corrected chi connectivity index (χ3v) is 3.57. The Morgan fingerprint density at radius 1 is 1.20 bits per heavy atom. The van der Waals surface area contributed by atoms with Gasteiger partial charge in [0.2, 0.25) is 0 Å². The van der Waals surface area contributed by atoms with Crippen molar-refractivity contribution in [3.8, 4) is 0 Å². The maximum Gasteiger partial charge on any atom is 0.0208 e. The van der Waals surface area contributed by atoms with Gasteiger partial charge in [-0.2, -0.15) is 0 Å². The van der Waals surface area contributed by atoms with Gasteiger partial charge in [-0.15, -0.1) is 0 Å².